The van der Waals surface area contributed by atoms with E-state index in [2.05, 4.69) is 11.9 Å². The summed E-state index contributed by atoms with van der Waals surface area (Å²) in [6.45, 7) is 3.83. The Kier molecular flexibility index (Phi) is 7.94. The number of nitrogens with one attached hydrogen (secondary N) is 1. The average molecular weight is 267 g/mol. The highest BCUT2D eigenvalue weighted by molar-refractivity contribution is 5.78. The van der Waals surface area contributed by atoms with Gasteiger partial charge in [-0.3, -0.25) is 9.59 Å². The second kappa shape index (κ2) is 9.59. The molecular formula is C15H25NO3. The summed E-state index contributed by atoms with van der Waals surface area (Å²) in [7, 11) is 0. The van der Waals surface area contributed by atoms with Crippen LogP contribution in [0.2, 0.25) is 0 Å². The quantitative estimate of drug-likeness (QED) is 0.594. The summed E-state index contributed by atoms with van der Waals surface area (Å²) in [6, 6.07) is 0. The summed E-state index contributed by atoms with van der Waals surface area (Å²) in [6.07, 6.45) is 10.2. The van der Waals surface area contributed by atoms with Crippen LogP contribution in [0.25, 0.3) is 0 Å². The first-order valence-corrected chi connectivity index (χ1v) is 7.29. The molecule has 19 heavy (non-hydrogen) atoms. The van der Waals surface area contributed by atoms with Gasteiger partial charge in [-0.1, -0.05) is 25.3 Å². The minimum Gasteiger partial charge on any atom is -0.462 e. The van der Waals surface area contributed by atoms with Crippen LogP contribution in [-0.4, -0.2) is 24.5 Å². The highest BCUT2D eigenvalue weighted by atomic mass is 16.5. The van der Waals surface area contributed by atoms with Crippen molar-refractivity contribution in [2.24, 2.45) is 0 Å². The molecule has 0 saturated heterocycles. The predicted molar refractivity (Wildman–Crippen MR) is 74.6 cm³/mol. The second-order valence-corrected chi connectivity index (χ2v) is 5.05. The maximum Gasteiger partial charge on any atom is 0.307 e. The molecule has 1 aliphatic rings. The number of carbonyl (C=O) groups is 2. The fraction of sp³-hybridized carbons (Fsp3) is 0.733. The van der Waals surface area contributed by atoms with Gasteiger partial charge < -0.3 is 10.1 Å². The van der Waals surface area contributed by atoms with Gasteiger partial charge in [-0.15, -0.1) is 6.58 Å². The monoisotopic (exact) mass is 267 g/mol. The molecule has 4 nitrogen and oxygen atoms in total. The molecule has 4 heteroatoms. The molecule has 0 bridgehead atoms. The Morgan fingerprint density at radius 1 is 1.16 bits per heavy atom. The molecular weight excluding hydrogens is 242 g/mol. The number of hydrogen-bond acceptors (Lipinski definition) is 3. The number of carbonyl (C=O) groups excluding carboxylic acids is 2. The van der Waals surface area contributed by atoms with E-state index in [1.54, 1.807) is 6.08 Å². The van der Waals surface area contributed by atoms with Crippen LogP contribution in [0.4, 0.5) is 0 Å². The van der Waals surface area contributed by atoms with Crippen molar-refractivity contribution in [3.63, 3.8) is 0 Å². The van der Waals surface area contributed by atoms with Crippen molar-refractivity contribution in [1.29, 1.82) is 0 Å². The summed E-state index contributed by atoms with van der Waals surface area (Å²) in [5, 5.41) is 2.66. The van der Waals surface area contributed by atoms with Crippen LogP contribution >= 0.6 is 0 Å². The van der Waals surface area contributed by atoms with Crippen LogP contribution < -0.4 is 5.32 Å². The van der Waals surface area contributed by atoms with Crippen molar-refractivity contribution in [3.05, 3.63) is 12.7 Å². The van der Waals surface area contributed by atoms with Gasteiger partial charge in [0, 0.05) is 13.0 Å². The van der Waals surface area contributed by atoms with E-state index in [9.17, 15) is 9.59 Å². The molecule has 1 rings (SSSR count). The zero-order valence-corrected chi connectivity index (χ0v) is 11.7. The summed E-state index contributed by atoms with van der Waals surface area (Å²) >= 11 is 0. The first kappa shape index (κ1) is 15.7. The fourth-order valence-electron chi connectivity index (χ4n) is 2.29. The largest absolute Gasteiger partial charge is 0.462 e. The van der Waals surface area contributed by atoms with Crippen LogP contribution in [0.15, 0.2) is 12.7 Å². The van der Waals surface area contributed by atoms with Crippen molar-refractivity contribution >= 4 is 11.9 Å². The summed E-state index contributed by atoms with van der Waals surface area (Å²) in [4.78, 5) is 22.8. The molecule has 108 valence electrons. The van der Waals surface area contributed by atoms with E-state index >= 15 is 0 Å². The second-order valence-electron chi connectivity index (χ2n) is 5.05. The summed E-state index contributed by atoms with van der Waals surface area (Å²) in [5.41, 5.74) is 0. The smallest absolute Gasteiger partial charge is 0.307 e. The van der Waals surface area contributed by atoms with Crippen molar-refractivity contribution in [1.82, 2.24) is 5.32 Å². The molecule has 0 atom stereocenters. The van der Waals surface area contributed by atoms with Crippen LogP contribution in [-0.2, 0) is 14.3 Å². The molecule has 1 aliphatic carbocycles. The minimum atomic E-state index is -0.204. The molecule has 0 spiro atoms. The molecule has 0 aromatic rings. The molecule has 1 amide bonds. The third-order valence-corrected chi connectivity index (χ3v) is 3.33. The lowest BCUT2D eigenvalue weighted by Crippen LogP contribution is -2.27. The van der Waals surface area contributed by atoms with Crippen molar-refractivity contribution in [2.75, 3.05) is 6.54 Å². The molecule has 0 radical (unpaired) electrons. The molecule has 0 aromatic heterocycles. The Hall–Kier alpha value is -1.32. The maximum atomic E-state index is 11.7. The molecule has 0 aliphatic heterocycles. The average Bonchev–Trinajstić information content (AvgIpc) is 2.33. The van der Waals surface area contributed by atoms with E-state index in [4.69, 9.17) is 4.74 Å². The maximum absolute atomic E-state index is 11.7. The van der Waals surface area contributed by atoms with E-state index in [0.717, 1.165) is 25.7 Å². The van der Waals surface area contributed by atoms with E-state index in [1.165, 1.54) is 19.3 Å². The highest BCUT2D eigenvalue weighted by Crippen LogP contribution is 2.19. The van der Waals surface area contributed by atoms with E-state index in [-0.39, 0.29) is 30.8 Å². The molecule has 0 heterocycles. The normalized spacial score (nSPS) is 17.1. The summed E-state index contributed by atoms with van der Waals surface area (Å²) in [5.74, 6) is -0.307. The van der Waals surface area contributed by atoms with E-state index in [1.807, 2.05) is 0 Å². The first-order chi connectivity index (χ1) is 9.22. The lowest BCUT2D eigenvalue weighted by atomic mass is 9.98. The Balaban J connectivity index is 2.14. The van der Waals surface area contributed by atoms with Crippen LogP contribution in [0.3, 0.4) is 0 Å². The Morgan fingerprint density at radius 3 is 2.42 bits per heavy atom. The topological polar surface area (TPSA) is 55.4 Å². The number of hydrogen-bond donors (Lipinski definition) is 1. The lowest BCUT2D eigenvalue weighted by Gasteiger charge is -2.20. The van der Waals surface area contributed by atoms with Gasteiger partial charge >= 0.3 is 5.97 Å². The highest BCUT2D eigenvalue weighted by Gasteiger charge is 2.15. The van der Waals surface area contributed by atoms with Crippen molar-refractivity contribution in [2.45, 2.75) is 63.9 Å². The molecule has 1 fully saturated rings. The third kappa shape index (κ3) is 7.65. The first-order valence-electron chi connectivity index (χ1n) is 7.29. The zero-order chi connectivity index (χ0) is 13.9. The Bertz CT molecular complexity index is 294. The SMILES string of the molecule is C=CCC(=O)NCCC(=O)OC1CCCCCCC1. The molecule has 0 unspecified atom stereocenters. The van der Waals surface area contributed by atoms with Gasteiger partial charge in [-0.25, -0.2) is 0 Å². The van der Waals surface area contributed by atoms with E-state index < -0.39 is 0 Å². The van der Waals surface area contributed by atoms with Crippen LogP contribution in [0.5, 0.6) is 0 Å². The Morgan fingerprint density at radius 2 is 1.79 bits per heavy atom. The van der Waals surface area contributed by atoms with Gasteiger partial charge in [0.25, 0.3) is 0 Å². The van der Waals surface area contributed by atoms with Gasteiger partial charge in [0.05, 0.1) is 6.42 Å². The summed E-state index contributed by atoms with van der Waals surface area (Å²) < 4.78 is 5.46. The predicted octanol–water partition coefficient (Wildman–Crippen LogP) is 2.72. The Labute approximate surface area is 115 Å². The minimum absolute atomic E-state index is 0.0803. The number of amides is 1. The van der Waals surface area contributed by atoms with Crippen molar-refractivity contribution < 1.29 is 14.3 Å². The number of ether oxygens (including phenoxy) is 1. The van der Waals surface area contributed by atoms with Crippen LogP contribution in [0, 0.1) is 0 Å². The lowest BCUT2D eigenvalue weighted by molar-refractivity contribution is -0.149. The van der Waals surface area contributed by atoms with Gasteiger partial charge in [0.2, 0.25) is 5.91 Å². The van der Waals surface area contributed by atoms with Gasteiger partial charge in [0.15, 0.2) is 0 Å². The zero-order valence-electron chi connectivity index (χ0n) is 11.7. The van der Waals surface area contributed by atoms with Gasteiger partial charge in [0.1, 0.15) is 6.10 Å². The van der Waals surface area contributed by atoms with E-state index in [0.29, 0.717) is 6.54 Å². The standard InChI is InChI=1S/C15H25NO3/c1-2-8-14(17)16-12-11-15(18)19-13-9-6-4-3-5-7-10-13/h2,13H,1,3-12H2,(H,16,17). The van der Waals surface area contributed by atoms with Crippen molar-refractivity contribution in [3.8, 4) is 0 Å². The number of rotatable bonds is 6. The molecule has 1 saturated carbocycles. The molecule has 1 N–H and O–H groups in total. The fourth-order valence-corrected chi connectivity index (χ4v) is 2.29. The number of esters is 1. The third-order valence-electron chi connectivity index (χ3n) is 3.33. The van der Waals surface area contributed by atoms with Crippen LogP contribution in [0.1, 0.15) is 57.8 Å². The molecule has 0 aromatic carbocycles. The van der Waals surface area contributed by atoms with Gasteiger partial charge in [-0.2, -0.15) is 0 Å². The van der Waals surface area contributed by atoms with Gasteiger partial charge in [-0.05, 0) is 25.7 Å².